The van der Waals surface area contributed by atoms with E-state index in [-0.39, 0.29) is 47.5 Å². The molecule has 3 amide bonds. The fourth-order valence-electron chi connectivity index (χ4n) is 6.75. The van der Waals surface area contributed by atoms with Crippen LogP contribution in [0, 0.1) is 12.8 Å². The Hall–Kier alpha value is -4.34. The second-order valence-corrected chi connectivity index (χ2v) is 17.7. The number of ketones is 1. The van der Waals surface area contributed by atoms with Gasteiger partial charge in [0.05, 0.1) is 10.9 Å². The summed E-state index contributed by atoms with van der Waals surface area (Å²) in [6.07, 6.45) is 5.42. The molecule has 3 aromatic rings. The molecule has 2 heterocycles. The predicted octanol–water partition coefficient (Wildman–Crippen LogP) is 6.45. The Morgan fingerprint density at radius 2 is 1.71 bits per heavy atom. The summed E-state index contributed by atoms with van der Waals surface area (Å²) in [5, 5.41) is 5.34. The summed E-state index contributed by atoms with van der Waals surface area (Å²) in [5.74, 6) is -0.609. The molecule has 1 saturated heterocycles. The van der Waals surface area contributed by atoms with E-state index in [9.17, 15) is 27.6 Å². The zero-order chi connectivity index (χ0) is 39.9. The third kappa shape index (κ3) is 10.9. The van der Waals surface area contributed by atoms with E-state index in [1.54, 1.807) is 74.4 Å². The highest BCUT2D eigenvalue weighted by atomic mass is 32.2. The Labute approximate surface area is 327 Å². The van der Waals surface area contributed by atoms with Gasteiger partial charge >= 0.3 is 6.09 Å². The lowest BCUT2D eigenvalue weighted by Gasteiger charge is -2.36. The van der Waals surface area contributed by atoms with Gasteiger partial charge in [-0.25, -0.2) is 9.78 Å². The van der Waals surface area contributed by atoms with E-state index in [0.29, 0.717) is 29.3 Å². The van der Waals surface area contributed by atoms with E-state index in [2.05, 4.69) is 5.32 Å². The molecule has 3 atom stereocenters. The van der Waals surface area contributed by atoms with E-state index >= 15 is 0 Å². The summed E-state index contributed by atoms with van der Waals surface area (Å²) in [6, 6.07) is 10.9. The first-order valence-electron chi connectivity index (χ1n) is 18.8. The van der Waals surface area contributed by atoms with E-state index in [4.69, 9.17) is 18.6 Å². The largest absolute Gasteiger partial charge is 0.491 e. The number of hydrogen-bond donors (Lipinski definition) is 1. The number of carbonyl (C=O) groups is 4. The van der Waals surface area contributed by atoms with Crippen molar-refractivity contribution >= 4 is 45.1 Å². The molecule has 13 nitrogen and oxygen atoms in total. The number of carbonyl (C=O) groups excluding carboxylic acids is 4. The smallest absolute Gasteiger partial charge is 0.410 e. The van der Waals surface area contributed by atoms with Crippen molar-refractivity contribution in [2.75, 3.05) is 26.8 Å². The molecule has 5 rings (SSSR count). The maximum atomic E-state index is 14.4. The molecule has 0 spiro atoms. The minimum atomic E-state index is -3.94. The SMILES string of the molecule is Cc1ccc(S(=O)(=O)OCCOc2cccc(C(=O)c3csc([C@@H]4CCCN4C(=O)[C@@H](NC(=O)[C@H](C)N(C)C(=O)OC(C)(C)C)C4CCCCC4)n3)c2)cc1. The van der Waals surface area contributed by atoms with Gasteiger partial charge in [-0.3, -0.25) is 23.5 Å². The number of ether oxygens (including phenoxy) is 2. The second kappa shape index (κ2) is 18.1. The Morgan fingerprint density at radius 1 is 1.00 bits per heavy atom. The number of amides is 3. The topological polar surface area (TPSA) is 162 Å². The van der Waals surface area contributed by atoms with Gasteiger partial charge in [0.25, 0.3) is 10.1 Å². The molecular formula is C40H52N4O9S2. The van der Waals surface area contributed by atoms with E-state index in [1.807, 2.05) is 6.92 Å². The zero-order valence-corrected chi connectivity index (χ0v) is 34.0. The third-order valence-electron chi connectivity index (χ3n) is 9.90. The van der Waals surface area contributed by atoms with Crippen molar-refractivity contribution in [2.24, 2.45) is 5.92 Å². The minimum absolute atomic E-state index is 0.0439. The summed E-state index contributed by atoms with van der Waals surface area (Å²) >= 11 is 1.31. The van der Waals surface area contributed by atoms with Crippen molar-refractivity contribution in [2.45, 2.75) is 108 Å². The first-order chi connectivity index (χ1) is 26.0. The van der Waals surface area contributed by atoms with Crippen molar-refractivity contribution in [1.82, 2.24) is 20.1 Å². The summed E-state index contributed by atoms with van der Waals surface area (Å²) in [5.41, 5.74) is 0.784. The Kier molecular flexibility index (Phi) is 13.7. The van der Waals surface area contributed by atoms with E-state index in [1.165, 1.54) is 35.4 Å². The molecule has 1 aromatic heterocycles. The summed E-state index contributed by atoms with van der Waals surface area (Å²) in [6.45, 7) is 8.97. The van der Waals surface area contributed by atoms with Crippen molar-refractivity contribution in [3.63, 3.8) is 0 Å². The van der Waals surface area contributed by atoms with Crippen LogP contribution in [0.5, 0.6) is 5.75 Å². The highest BCUT2D eigenvalue weighted by Crippen LogP contribution is 2.37. The molecule has 2 aliphatic rings. The van der Waals surface area contributed by atoms with Crippen LogP contribution in [0.3, 0.4) is 0 Å². The number of rotatable bonds is 14. The second-order valence-electron chi connectivity index (χ2n) is 15.2. The summed E-state index contributed by atoms with van der Waals surface area (Å²) in [7, 11) is -2.43. The molecule has 1 aliphatic heterocycles. The van der Waals surface area contributed by atoms with E-state index in [0.717, 1.165) is 44.1 Å². The van der Waals surface area contributed by atoms with Crippen LogP contribution in [0.4, 0.5) is 4.79 Å². The molecule has 2 aromatic carbocycles. The molecule has 15 heteroatoms. The average Bonchev–Trinajstić information content (AvgIpc) is 3.85. The number of nitrogens with zero attached hydrogens (tertiary/aromatic N) is 3. The lowest BCUT2D eigenvalue weighted by Crippen LogP contribution is -2.56. The monoisotopic (exact) mass is 796 g/mol. The van der Waals surface area contributed by atoms with Gasteiger partial charge in [0, 0.05) is 24.5 Å². The highest BCUT2D eigenvalue weighted by molar-refractivity contribution is 7.86. The molecule has 1 saturated carbocycles. The summed E-state index contributed by atoms with van der Waals surface area (Å²) in [4.78, 5) is 62.0. The molecular weight excluding hydrogens is 745 g/mol. The number of aromatic nitrogens is 1. The van der Waals surface area contributed by atoms with Crippen LogP contribution in [0.25, 0.3) is 0 Å². The average molecular weight is 797 g/mol. The van der Waals surface area contributed by atoms with Crippen LogP contribution in [0.2, 0.25) is 0 Å². The van der Waals surface area contributed by atoms with Gasteiger partial charge < -0.3 is 19.7 Å². The number of benzene rings is 2. The van der Waals surface area contributed by atoms with Gasteiger partial charge in [-0.05, 0) is 90.5 Å². The van der Waals surface area contributed by atoms with Gasteiger partial charge in [0.2, 0.25) is 17.6 Å². The lowest BCUT2D eigenvalue weighted by atomic mass is 9.83. The number of aryl methyl sites for hydroxylation is 1. The molecule has 0 unspecified atom stereocenters. The number of nitrogens with one attached hydrogen (secondary N) is 1. The maximum Gasteiger partial charge on any atom is 0.410 e. The molecule has 55 heavy (non-hydrogen) atoms. The van der Waals surface area contributed by atoms with Gasteiger partial charge in [-0.2, -0.15) is 8.42 Å². The van der Waals surface area contributed by atoms with Crippen LogP contribution in [-0.4, -0.2) is 91.4 Å². The quantitative estimate of drug-likeness (QED) is 0.109. The Morgan fingerprint density at radius 3 is 2.40 bits per heavy atom. The fraction of sp³-hybridized carbons (Fsp3) is 0.525. The number of likely N-dealkylation sites (N-methyl/N-ethyl adjacent to an activating group) is 1. The number of hydrogen-bond acceptors (Lipinski definition) is 11. The molecule has 1 aliphatic carbocycles. The van der Waals surface area contributed by atoms with Crippen molar-refractivity contribution in [1.29, 1.82) is 0 Å². The van der Waals surface area contributed by atoms with Gasteiger partial charge in [-0.15, -0.1) is 11.3 Å². The zero-order valence-electron chi connectivity index (χ0n) is 32.4. The first-order valence-corrected chi connectivity index (χ1v) is 21.1. The van der Waals surface area contributed by atoms with Crippen LogP contribution in [-0.2, 0) is 28.6 Å². The highest BCUT2D eigenvalue weighted by Gasteiger charge is 2.41. The number of likely N-dealkylation sites (tertiary alicyclic amines) is 1. The molecule has 298 valence electrons. The molecule has 0 bridgehead atoms. The van der Waals surface area contributed by atoms with Crippen LogP contribution in [0.1, 0.15) is 105 Å². The first kappa shape index (κ1) is 41.8. The van der Waals surface area contributed by atoms with Crippen LogP contribution in [0.15, 0.2) is 58.8 Å². The maximum absolute atomic E-state index is 14.4. The van der Waals surface area contributed by atoms with Gasteiger partial charge in [0.15, 0.2) is 0 Å². The standard InChI is InChI=1S/C40H52N4O9S2/c1-26-17-19-31(20-18-26)55(49,50)52-23-22-51-30-15-10-14-29(24-30)35(45)32-25-54-37(41-32)33-16-11-21-44(33)38(47)34(28-12-8-7-9-13-28)42-36(46)27(2)43(6)39(48)53-40(3,4)5/h10,14-15,17-20,24-25,27-28,33-34H,7-9,11-13,16,21-23H2,1-6H3,(H,42,46)/t27-,33-,34-/m0/s1. The minimum Gasteiger partial charge on any atom is -0.491 e. The Balaban J connectivity index is 1.23. The van der Waals surface area contributed by atoms with E-state index < -0.39 is 39.8 Å². The van der Waals surface area contributed by atoms with Crippen molar-refractivity contribution in [3.8, 4) is 5.75 Å². The van der Waals surface area contributed by atoms with Crippen molar-refractivity contribution < 1.29 is 41.3 Å². The van der Waals surface area contributed by atoms with Gasteiger partial charge in [0.1, 0.15) is 47.3 Å². The van der Waals surface area contributed by atoms with Gasteiger partial charge in [-0.1, -0.05) is 49.1 Å². The molecule has 1 N–H and O–H groups in total. The Bertz CT molecular complexity index is 1940. The third-order valence-corrected chi connectivity index (χ3v) is 12.2. The molecule has 0 radical (unpaired) electrons. The van der Waals surface area contributed by atoms with Crippen LogP contribution >= 0.6 is 11.3 Å². The lowest BCUT2D eigenvalue weighted by molar-refractivity contribution is -0.140. The fourth-order valence-corrected chi connectivity index (χ4v) is 8.59. The normalized spacial score (nSPS) is 17.6. The molecule has 2 fully saturated rings. The number of thiazole rings is 1. The van der Waals surface area contributed by atoms with Crippen LogP contribution < -0.4 is 10.1 Å². The van der Waals surface area contributed by atoms with Crippen molar-refractivity contribution in [3.05, 3.63) is 75.7 Å². The summed E-state index contributed by atoms with van der Waals surface area (Å²) < 4.78 is 41.2. The predicted molar refractivity (Wildman–Crippen MR) is 207 cm³/mol.